The Morgan fingerprint density at radius 1 is 1.50 bits per heavy atom. The van der Waals surface area contributed by atoms with E-state index in [0.29, 0.717) is 19.6 Å². The van der Waals surface area contributed by atoms with E-state index < -0.39 is 5.60 Å². The molecule has 1 aromatic rings. The first kappa shape index (κ1) is 18.3. The van der Waals surface area contributed by atoms with Gasteiger partial charge in [-0.25, -0.2) is 4.79 Å². The van der Waals surface area contributed by atoms with Crippen molar-refractivity contribution in [1.82, 2.24) is 20.0 Å². The number of hydrogen-bond donors (Lipinski definition) is 1. The van der Waals surface area contributed by atoms with Crippen LogP contribution in [0.5, 0.6) is 0 Å². The Balaban J connectivity index is 1.97. The second kappa shape index (κ2) is 7.22. The summed E-state index contributed by atoms with van der Waals surface area (Å²) in [5, 5.41) is 17.2. The second-order valence-corrected chi connectivity index (χ2v) is 7.24. The fourth-order valence-corrected chi connectivity index (χ4v) is 2.89. The van der Waals surface area contributed by atoms with Crippen LogP contribution in [0.1, 0.15) is 39.0 Å². The fraction of sp³-hybridized carbons (Fsp3) is 0.706. The van der Waals surface area contributed by atoms with Crippen LogP contribution in [0.4, 0.5) is 4.79 Å². The maximum absolute atomic E-state index is 12.2. The molecule has 1 N–H and O–H groups in total. The number of aromatic nitrogens is 2. The Morgan fingerprint density at radius 2 is 2.21 bits per heavy atom. The molecule has 0 aliphatic carbocycles. The molecule has 1 saturated heterocycles. The van der Waals surface area contributed by atoms with Crippen molar-refractivity contribution in [2.45, 2.75) is 52.3 Å². The van der Waals surface area contributed by atoms with Crippen molar-refractivity contribution >= 4 is 6.09 Å². The van der Waals surface area contributed by atoms with Crippen molar-refractivity contribution in [1.29, 1.82) is 5.26 Å². The zero-order valence-electron chi connectivity index (χ0n) is 15.2. The van der Waals surface area contributed by atoms with Crippen LogP contribution in [0, 0.1) is 17.2 Å². The number of carbonyl (C=O) groups excluding carboxylic acids is 1. The van der Waals surface area contributed by atoms with Crippen LogP contribution in [-0.4, -0.2) is 45.5 Å². The van der Waals surface area contributed by atoms with Gasteiger partial charge in [-0.15, -0.1) is 0 Å². The van der Waals surface area contributed by atoms with E-state index in [-0.39, 0.29) is 18.1 Å². The van der Waals surface area contributed by atoms with Crippen molar-refractivity contribution in [3.05, 3.63) is 17.5 Å². The highest BCUT2D eigenvalue weighted by Gasteiger charge is 2.37. The number of ether oxygens (including phenoxy) is 1. The Labute approximate surface area is 143 Å². The molecule has 0 radical (unpaired) electrons. The molecule has 2 heterocycles. The summed E-state index contributed by atoms with van der Waals surface area (Å²) in [6.07, 6.45) is 2.50. The third-order valence-corrected chi connectivity index (χ3v) is 4.02. The highest BCUT2D eigenvalue weighted by atomic mass is 16.6. The summed E-state index contributed by atoms with van der Waals surface area (Å²) in [6, 6.07) is 2.24. The second-order valence-electron chi connectivity index (χ2n) is 7.24. The lowest BCUT2D eigenvalue weighted by molar-refractivity contribution is 0.0288. The third kappa shape index (κ3) is 4.48. The quantitative estimate of drug-likeness (QED) is 0.909. The average Bonchev–Trinajstić information content (AvgIpc) is 3.06. The number of aryl methyl sites for hydroxylation is 2. The number of nitrogens with one attached hydrogen (secondary N) is 1. The lowest BCUT2D eigenvalue weighted by atomic mass is 10.1. The summed E-state index contributed by atoms with van der Waals surface area (Å²) < 4.78 is 7.21. The minimum atomic E-state index is -0.531. The zero-order chi connectivity index (χ0) is 17.9. The predicted octanol–water partition coefficient (Wildman–Crippen LogP) is 1.83. The van der Waals surface area contributed by atoms with Gasteiger partial charge in [0.2, 0.25) is 0 Å². The van der Waals surface area contributed by atoms with Gasteiger partial charge in [-0.2, -0.15) is 10.4 Å². The van der Waals surface area contributed by atoms with Crippen LogP contribution in [0.2, 0.25) is 0 Å². The molecular formula is C17H27N5O2. The Kier molecular flexibility index (Phi) is 5.50. The van der Waals surface area contributed by atoms with Crippen LogP contribution in [0.15, 0.2) is 6.20 Å². The lowest BCUT2D eigenvalue weighted by Crippen LogP contribution is -2.38. The molecular weight excluding hydrogens is 306 g/mol. The van der Waals surface area contributed by atoms with Crippen LogP contribution >= 0.6 is 0 Å². The van der Waals surface area contributed by atoms with E-state index in [9.17, 15) is 10.1 Å². The summed E-state index contributed by atoms with van der Waals surface area (Å²) in [4.78, 5) is 13.8. The molecule has 0 aromatic carbocycles. The third-order valence-electron chi connectivity index (χ3n) is 4.02. The molecule has 2 atom stereocenters. The van der Waals surface area contributed by atoms with Crippen LogP contribution < -0.4 is 5.32 Å². The minimum absolute atomic E-state index is 0.0626. The number of hydrogen-bond acceptors (Lipinski definition) is 5. The molecule has 0 unspecified atom stereocenters. The van der Waals surface area contributed by atoms with E-state index in [4.69, 9.17) is 4.74 Å². The molecule has 1 amide bonds. The smallest absolute Gasteiger partial charge is 0.410 e. The van der Waals surface area contributed by atoms with Crippen molar-refractivity contribution in [3.63, 3.8) is 0 Å². The Bertz CT molecular complexity index is 626. The molecule has 24 heavy (non-hydrogen) atoms. The predicted molar refractivity (Wildman–Crippen MR) is 90.1 cm³/mol. The largest absolute Gasteiger partial charge is 0.444 e. The van der Waals surface area contributed by atoms with E-state index >= 15 is 0 Å². The topological polar surface area (TPSA) is 83.2 Å². The molecule has 1 aliphatic heterocycles. The van der Waals surface area contributed by atoms with Gasteiger partial charge in [-0.1, -0.05) is 6.92 Å². The summed E-state index contributed by atoms with van der Waals surface area (Å²) >= 11 is 0. The van der Waals surface area contributed by atoms with Crippen molar-refractivity contribution in [2.24, 2.45) is 13.0 Å². The average molecular weight is 333 g/mol. The normalized spacial score (nSPS) is 20.9. The molecule has 0 saturated carbocycles. The summed E-state index contributed by atoms with van der Waals surface area (Å²) in [7, 11) is 1.90. The van der Waals surface area contributed by atoms with E-state index in [0.717, 1.165) is 17.7 Å². The molecule has 0 bridgehead atoms. The molecule has 132 valence electrons. The maximum Gasteiger partial charge on any atom is 0.410 e. The van der Waals surface area contributed by atoms with E-state index in [1.807, 2.05) is 34.0 Å². The summed E-state index contributed by atoms with van der Waals surface area (Å²) in [5.41, 5.74) is 1.66. The molecule has 2 rings (SSSR count). The number of carbonyl (C=O) groups is 1. The van der Waals surface area contributed by atoms with E-state index in [2.05, 4.69) is 23.4 Å². The fourth-order valence-electron chi connectivity index (χ4n) is 2.89. The van der Waals surface area contributed by atoms with Gasteiger partial charge in [0.15, 0.2) is 0 Å². The highest BCUT2D eigenvalue weighted by Crippen LogP contribution is 2.20. The van der Waals surface area contributed by atoms with Crippen molar-refractivity contribution < 1.29 is 9.53 Å². The van der Waals surface area contributed by atoms with Gasteiger partial charge in [-0.05, 0) is 27.2 Å². The lowest BCUT2D eigenvalue weighted by Gasteiger charge is -2.24. The number of nitriles is 1. The van der Waals surface area contributed by atoms with Gasteiger partial charge in [-0.3, -0.25) is 4.68 Å². The number of likely N-dealkylation sites (tertiary alicyclic amines) is 1. The van der Waals surface area contributed by atoms with Gasteiger partial charge in [0.1, 0.15) is 5.60 Å². The summed E-state index contributed by atoms with van der Waals surface area (Å²) in [6.45, 7) is 9.12. The standard InChI is InChI=1S/C17H27N5O2/c1-6-14-13(9-21(5)20-14)8-19-15-11-22(10-12(15)7-18)16(23)24-17(2,3)4/h9,12,15,19H,6,8,10-11H2,1-5H3/t12-,15+/m0/s1. The Hall–Kier alpha value is -2.07. The van der Waals surface area contributed by atoms with Gasteiger partial charge in [0.05, 0.1) is 17.7 Å². The molecule has 7 heteroatoms. The molecule has 7 nitrogen and oxygen atoms in total. The van der Waals surface area contributed by atoms with Crippen LogP contribution in [0.25, 0.3) is 0 Å². The Morgan fingerprint density at radius 3 is 2.79 bits per heavy atom. The monoisotopic (exact) mass is 333 g/mol. The number of amides is 1. The molecule has 0 spiro atoms. The number of nitrogens with zero attached hydrogens (tertiary/aromatic N) is 4. The molecule has 1 fully saturated rings. The first-order valence-electron chi connectivity index (χ1n) is 8.35. The minimum Gasteiger partial charge on any atom is -0.444 e. The van der Waals surface area contributed by atoms with Gasteiger partial charge >= 0.3 is 6.09 Å². The van der Waals surface area contributed by atoms with Crippen LogP contribution in [0.3, 0.4) is 0 Å². The van der Waals surface area contributed by atoms with Gasteiger partial charge in [0.25, 0.3) is 0 Å². The van der Waals surface area contributed by atoms with Crippen molar-refractivity contribution in [2.75, 3.05) is 13.1 Å². The van der Waals surface area contributed by atoms with E-state index in [1.54, 1.807) is 9.58 Å². The highest BCUT2D eigenvalue weighted by molar-refractivity contribution is 5.68. The van der Waals surface area contributed by atoms with E-state index in [1.165, 1.54) is 0 Å². The first-order chi connectivity index (χ1) is 11.2. The van der Waals surface area contributed by atoms with Crippen LogP contribution in [-0.2, 0) is 24.8 Å². The zero-order valence-corrected chi connectivity index (χ0v) is 15.2. The van der Waals surface area contributed by atoms with Gasteiger partial charge < -0.3 is 15.0 Å². The molecule has 1 aliphatic rings. The SMILES string of the molecule is CCc1nn(C)cc1CN[C@@H]1CN(C(=O)OC(C)(C)C)C[C@@H]1C#N. The van der Waals surface area contributed by atoms with Gasteiger partial charge in [0, 0.05) is 44.5 Å². The summed E-state index contributed by atoms with van der Waals surface area (Å²) in [5.74, 6) is -0.237. The molecule has 1 aromatic heterocycles. The first-order valence-corrected chi connectivity index (χ1v) is 8.35. The maximum atomic E-state index is 12.2. The number of rotatable bonds is 4. The van der Waals surface area contributed by atoms with Crippen molar-refractivity contribution in [3.8, 4) is 6.07 Å².